The van der Waals surface area contributed by atoms with Gasteiger partial charge in [0.1, 0.15) is 24.3 Å². The molecule has 8 nitrogen and oxygen atoms in total. The van der Waals surface area contributed by atoms with E-state index in [1.54, 1.807) is 0 Å². The van der Waals surface area contributed by atoms with Crippen LogP contribution in [0, 0.1) is 13.8 Å². The van der Waals surface area contributed by atoms with Crippen LogP contribution in [0.2, 0.25) is 0 Å². The van der Waals surface area contributed by atoms with Gasteiger partial charge in [0, 0.05) is 29.9 Å². The number of rotatable bonds is 9. The molecule has 0 aliphatic heterocycles. The van der Waals surface area contributed by atoms with E-state index < -0.39 is 6.10 Å². The van der Waals surface area contributed by atoms with Crippen molar-refractivity contribution in [3.63, 3.8) is 0 Å². The molecule has 1 aromatic carbocycles. The Hall–Kier alpha value is -2.97. The van der Waals surface area contributed by atoms with Crippen molar-refractivity contribution in [3.8, 4) is 28.6 Å². The first-order valence-electron chi connectivity index (χ1n) is 10.8. The summed E-state index contributed by atoms with van der Waals surface area (Å²) in [4.78, 5) is 11.3. The molecular weight excluding hydrogens is 408 g/mol. The number of aromatic nitrogens is 3. The molecule has 2 N–H and O–H groups in total. The van der Waals surface area contributed by atoms with Gasteiger partial charge in [-0.2, -0.15) is 4.98 Å². The Bertz CT molecular complexity index is 1060. The molecule has 3 aromatic rings. The Balaban J connectivity index is 1.92. The number of ether oxygens (including phenoxy) is 1. The maximum atomic E-state index is 9.61. The highest BCUT2D eigenvalue weighted by Gasteiger charge is 2.17. The molecule has 32 heavy (non-hydrogen) atoms. The van der Waals surface area contributed by atoms with Crippen LogP contribution in [0.4, 0.5) is 5.82 Å². The summed E-state index contributed by atoms with van der Waals surface area (Å²) < 4.78 is 11.4. The van der Waals surface area contributed by atoms with Crippen molar-refractivity contribution < 1.29 is 19.5 Å². The van der Waals surface area contributed by atoms with E-state index in [4.69, 9.17) is 14.4 Å². The summed E-state index contributed by atoms with van der Waals surface area (Å²) in [7, 11) is 2.01. The molecule has 1 atom stereocenters. The number of aryl methyl sites for hydroxylation is 3. The van der Waals surface area contributed by atoms with Gasteiger partial charge >= 0.3 is 0 Å². The Morgan fingerprint density at radius 1 is 1.09 bits per heavy atom. The van der Waals surface area contributed by atoms with Crippen molar-refractivity contribution in [2.45, 2.75) is 53.2 Å². The second kappa shape index (κ2) is 10.1. The van der Waals surface area contributed by atoms with Gasteiger partial charge < -0.3 is 24.4 Å². The molecule has 0 fully saturated rings. The van der Waals surface area contributed by atoms with Crippen LogP contribution in [0.1, 0.15) is 37.6 Å². The van der Waals surface area contributed by atoms with E-state index in [0.717, 1.165) is 40.2 Å². The molecule has 0 saturated carbocycles. The molecule has 0 radical (unpaired) electrons. The summed E-state index contributed by atoms with van der Waals surface area (Å²) in [6.45, 7) is 9.83. The van der Waals surface area contributed by atoms with Gasteiger partial charge in [-0.15, -0.1) is 0 Å². The molecular formula is C24H32N4O4. The summed E-state index contributed by atoms with van der Waals surface area (Å²) in [6, 6.07) is 8.10. The Kier molecular flexibility index (Phi) is 7.48. The van der Waals surface area contributed by atoms with E-state index in [1.807, 2.05) is 52.1 Å². The smallest absolute Gasteiger partial charge is 0.258 e. The largest absolute Gasteiger partial charge is 0.490 e. The van der Waals surface area contributed by atoms with Crippen LogP contribution < -0.4 is 9.64 Å². The Morgan fingerprint density at radius 3 is 2.50 bits per heavy atom. The standard InChI is InChI=1S/C24H32N4O4/c1-7-17-10-18(8-15(4)22(17)31-13-20(30)12-29)23-26-24(32-27-23)19-9-16(5)25-21(11-19)28(6)14(2)3/h8-11,14,20,29-30H,7,12-13H2,1-6H3. The van der Waals surface area contributed by atoms with E-state index in [2.05, 4.69) is 33.9 Å². The van der Waals surface area contributed by atoms with Gasteiger partial charge in [-0.25, -0.2) is 4.98 Å². The summed E-state index contributed by atoms with van der Waals surface area (Å²) >= 11 is 0. The highest BCUT2D eigenvalue weighted by molar-refractivity contribution is 5.65. The van der Waals surface area contributed by atoms with E-state index in [9.17, 15) is 5.11 Å². The topological polar surface area (TPSA) is 105 Å². The normalized spacial score (nSPS) is 12.3. The average Bonchev–Trinajstić information content (AvgIpc) is 3.26. The fourth-order valence-electron chi connectivity index (χ4n) is 3.36. The number of pyridine rings is 1. The van der Waals surface area contributed by atoms with E-state index in [0.29, 0.717) is 23.5 Å². The molecule has 0 aliphatic carbocycles. The zero-order chi connectivity index (χ0) is 23.4. The molecule has 2 heterocycles. The minimum Gasteiger partial charge on any atom is -0.490 e. The second-order valence-electron chi connectivity index (χ2n) is 8.27. The van der Waals surface area contributed by atoms with E-state index >= 15 is 0 Å². The Labute approximate surface area is 188 Å². The first kappa shape index (κ1) is 23.7. The van der Waals surface area contributed by atoms with Crippen molar-refractivity contribution in [2.75, 3.05) is 25.2 Å². The van der Waals surface area contributed by atoms with Gasteiger partial charge in [-0.05, 0) is 69.5 Å². The molecule has 2 aromatic heterocycles. The number of aliphatic hydroxyl groups is 2. The van der Waals surface area contributed by atoms with Crippen molar-refractivity contribution in [1.82, 2.24) is 15.1 Å². The van der Waals surface area contributed by atoms with Gasteiger partial charge in [-0.1, -0.05) is 12.1 Å². The molecule has 0 spiro atoms. The number of hydrogen-bond donors (Lipinski definition) is 2. The zero-order valence-electron chi connectivity index (χ0n) is 19.6. The van der Waals surface area contributed by atoms with Crippen molar-refractivity contribution in [3.05, 3.63) is 41.1 Å². The lowest BCUT2D eigenvalue weighted by molar-refractivity contribution is 0.0531. The van der Waals surface area contributed by atoms with Crippen LogP contribution in [0.3, 0.4) is 0 Å². The maximum Gasteiger partial charge on any atom is 0.258 e. The fourth-order valence-corrected chi connectivity index (χ4v) is 3.36. The van der Waals surface area contributed by atoms with Crippen LogP contribution in [0.5, 0.6) is 5.75 Å². The third-order valence-corrected chi connectivity index (χ3v) is 5.37. The highest BCUT2D eigenvalue weighted by Crippen LogP contribution is 2.32. The fraction of sp³-hybridized carbons (Fsp3) is 0.458. The van der Waals surface area contributed by atoms with E-state index in [1.165, 1.54) is 0 Å². The molecule has 8 heteroatoms. The van der Waals surface area contributed by atoms with Crippen LogP contribution in [-0.4, -0.2) is 57.7 Å². The van der Waals surface area contributed by atoms with Gasteiger partial charge in [-0.3, -0.25) is 0 Å². The minimum absolute atomic E-state index is 0.0323. The SMILES string of the molecule is CCc1cc(-c2noc(-c3cc(C)nc(N(C)C(C)C)c3)n2)cc(C)c1OCC(O)CO. The Morgan fingerprint density at radius 2 is 1.84 bits per heavy atom. The lowest BCUT2D eigenvalue weighted by Gasteiger charge is -2.23. The first-order chi connectivity index (χ1) is 15.2. The number of aliphatic hydroxyl groups excluding tert-OH is 2. The molecule has 0 saturated heterocycles. The molecule has 172 valence electrons. The maximum absolute atomic E-state index is 9.61. The van der Waals surface area contributed by atoms with Crippen molar-refractivity contribution in [1.29, 1.82) is 0 Å². The van der Waals surface area contributed by atoms with E-state index in [-0.39, 0.29) is 13.2 Å². The third kappa shape index (κ3) is 5.26. The van der Waals surface area contributed by atoms with Gasteiger partial charge in [0.15, 0.2) is 0 Å². The molecule has 0 bridgehead atoms. The average molecular weight is 441 g/mol. The summed E-state index contributed by atoms with van der Waals surface area (Å²) in [6.07, 6.45) is -0.180. The second-order valence-corrected chi connectivity index (χ2v) is 8.27. The van der Waals surface area contributed by atoms with Crippen molar-refractivity contribution >= 4 is 5.82 Å². The zero-order valence-corrected chi connectivity index (χ0v) is 19.6. The predicted octanol–water partition coefficient (Wildman–Crippen LogP) is 3.55. The molecule has 1 unspecified atom stereocenters. The third-order valence-electron chi connectivity index (χ3n) is 5.37. The van der Waals surface area contributed by atoms with Crippen molar-refractivity contribution in [2.24, 2.45) is 0 Å². The molecule has 3 rings (SSSR count). The van der Waals surface area contributed by atoms with Crippen LogP contribution in [0.25, 0.3) is 22.8 Å². The highest BCUT2D eigenvalue weighted by atomic mass is 16.5. The summed E-state index contributed by atoms with van der Waals surface area (Å²) in [5.74, 6) is 2.49. The van der Waals surface area contributed by atoms with Crippen LogP contribution >= 0.6 is 0 Å². The predicted molar refractivity (Wildman–Crippen MR) is 124 cm³/mol. The van der Waals surface area contributed by atoms with Gasteiger partial charge in [0.25, 0.3) is 5.89 Å². The molecule has 0 aliphatic rings. The quantitative estimate of drug-likeness (QED) is 0.520. The minimum atomic E-state index is -0.915. The number of benzene rings is 1. The van der Waals surface area contributed by atoms with Gasteiger partial charge in [0.05, 0.1) is 6.61 Å². The monoisotopic (exact) mass is 440 g/mol. The number of hydrogen-bond acceptors (Lipinski definition) is 8. The molecule has 0 amide bonds. The van der Waals surface area contributed by atoms with Crippen LogP contribution in [0.15, 0.2) is 28.8 Å². The number of nitrogens with zero attached hydrogens (tertiary/aromatic N) is 4. The number of anilines is 1. The summed E-state index contributed by atoms with van der Waals surface area (Å²) in [5, 5.41) is 22.8. The summed E-state index contributed by atoms with van der Waals surface area (Å²) in [5.41, 5.74) is 4.40. The van der Waals surface area contributed by atoms with Gasteiger partial charge in [0.2, 0.25) is 5.82 Å². The first-order valence-corrected chi connectivity index (χ1v) is 10.8. The van der Waals surface area contributed by atoms with Crippen LogP contribution in [-0.2, 0) is 6.42 Å². The lowest BCUT2D eigenvalue weighted by Crippen LogP contribution is -2.26. The lowest BCUT2D eigenvalue weighted by atomic mass is 10.0.